The summed E-state index contributed by atoms with van der Waals surface area (Å²) in [4.78, 5) is 3.91. The highest BCUT2D eigenvalue weighted by Gasteiger charge is 2.53. The lowest BCUT2D eigenvalue weighted by Gasteiger charge is -2.32. The Morgan fingerprint density at radius 2 is 1.53 bits per heavy atom. The normalized spacial score (nSPS) is 22.6. The first-order valence-electron chi connectivity index (χ1n) is 6.06. The Hall–Kier alpha value is -0.325. The van der Waals surface area contributed by atoms with E-state index in [1.165, 1.54) is 12.4 Å². The van der Waals surface area contributed by atoms with Crippen LogP contribution in [0.5, 0.6) is 0 Å². The van der Waals surface area contributed by atoms with Crippen molar-refractivity contribution in [2.75, 3.05) is 0 Å². The third-order valence-corrected chi connectivity index (χ3v) is 4.39. The van der Waals surface area contributed by atoms with Crippen LogP contribution in [0.3, 0.4) is 0 Å². The fourth-order valence-corrected chi connectivity index (χ4v) is 2.53. The molecule has 1 atom stereocenters. The van der Waals surface area contributed by atoms with Gasteiger partial charge in [-0.2, -0.15) is 0 Å². The van der Waals surface area contributed by atoms with Gasteiger partial charge in [0.2, 0.25) is 0 Å². The molecule has 1 aromatic heterocycles. The molecule has 1 aromatic rings. The number of hydrogen-bond donors (Lipinski definition) is 1. The number of pyridine rings is 1. The van der Waals surface area contributed by atoms with Crippen molar-refractivity contribution in [3.8, 4) is 0 Å². The molecule has 2 heterocycles. The van der Waals surface area contributed by atoms with Crippen LogP contribution in [0.25, 0.3) is 0 Å². The van der Waals surface area contributed by atoms with E-state index < -0.39 is 24.3 Å². The molecule has 0 aliphatic carbocycles. The van der Waals surface area contributed by atoms with Gasteiger partial charge in [-0.25, -0.2) is 0 Å². The number of rotatable bonds is 2. The van der Waals surface area contributed by atoms with Crippen molar-refractivity contribution >= 4 is 30.3 Å². The second-order valence-corrected chi connectivity index (χ2v) is 6.48. The first-order valence-corrected chi connectivity index (χ1v) is 6.81. The van der Waals surface area contributed by atoms with Gasteiger partial charge in [-0.1, -0.05) is 23.2 Å². The van der Waals surface area contributed by atoms with Gasteiger partial charge in [-0.3, -0.25) is 4.98 Å². The number of halogens is 2. The van der Waals surface area contributed by atoms with Gasteiger partial charge in [0.25, 0.3) is 0 Å². The Morgan fingerprint density at radius 1 is 1.11 bits per heavy atom. The average Bonchev–Trinajstić information content (AvgIpc) is 2.47. The maximum Gasteiger partial charge on any atom is 0.480 e. The second kappa shape index (κ2) is 4.90. The van der Waals surface area contributed by atoms with Crippen LogP contribution in [0.4, 0.5) is 0 Å². The summed E-state index contributed by atoms with van der Waals surface area (Å²) >= 11 is 12.2. The number of nitrogens with two attached hydrogens (primary N) is 1. The van der Waals surface area contributed by atoms with Crippen molar-refractivity contribution in [3.05, 3.63) is 28.0 Å². The molecule has 0 aromatic carbocycles. The summed E-state index contributed by atoms with van der Waals surface area (Å²) in [7, 11) is -0.595. The molecular weight excluding hydrogens is 286 g/mol. The van der Waals surface area contributed by atoms with E-state index in [2.05, 4.69) is 4.98 Å². The van der Waals surface area contributed by atoms with Crippen molar-refractivity contribution in [2.45, 2.75) is 44.8 Å². The Morgan fingerprint density at radius 3 is 1.95 bits per heavy atom. The maximum atomic E-state index is 6.20. The van der Waals surface area contributed by atoms with E-state index in [4.69, 9.17) is 38.2 Å². The fourth-order valence-electron chi connectivity index (χ4n) is 1.91. The molecule has 1 aliphatic rings. The van der Waals surface area contributed by atoms with Crippen molar-refractivity contribution in [3.63, 3.8) is 0 Å². The van der Waals surface area contributed by atoms with Gasteiger partial charge in [0.1, 0.15) is 0 Å². The molecule has 1 aliphatic heterocycles. The minimum Gasteiger partial charge on any atom is -0.402 e. The summed E-state index contributed by atoms with van der Waals surface area (Å²) < 4.78 is 11.8. The highest BCUT2D eigenvalue weighted by Crippen LogP contribution is 2.41. The lowest BCUT2D eigenvalue weighted by molar-refractivity contribution is 0.00578. The summed E-state index contributed by atoms with van der Waals surface area (Å²) in [6, 6.07) is 0. The Balaban J connectivity index is 2.30. The summed E-state index contributed by atoms with van der Waals surface area (Å²) in [6.07, 6.45) is 3.02. The van der Waals surface area contributed by atoms with Crippen LogP contribution >= 0.6 is 23.2 Å². The standard InChI is InChI=1S/C12H17BCl2N2O2/c1-11(2)12(3,4)19-13(18-11)10(16)9-7(14)5-17-6-8(9)15/h5-6,10H,16H2,1-4H3/t10-/m0/s1. The molecule has 0 spiro atoms. The average molecular weight is 303 g/mol. The van der Waals surface area contributed by atoms with Crippen LogP contribution in [0.15, 0.2) is 12.4 Å². The molecule has 7 heteroatoms. The molecule has 1 saturated heterocycles. The SMILES string of the molecule is CC1(C)OB([C@@H](N)c2c(Cl)cncc2Cl)OC1(C)C. The van der Waals surface area contributed by atoms with Gasteiger partial charge in [0.05, 0.1) is 27.2 Å². The van der Waals surface area contributed by atoms with Crippen LogP contribution in [0.2, 0.25) is 10.0 Å². The van der Waals surface area contributed by atoms with Crippen LogP contribution in [0.1, 0.15) is 39.2 Å². The third kappa shape index (κ3) is 2.62. The van der Waals surface area contributed by atoms with Crippen molar-refractivity contribution in [1.29, 1.82) is 0 Å². The Labute approximate surface area is 123 Å². The predicted octanol–water partition coefficient (Wildman–Crippen LogP) is 3.02. The first-order chi connectivity index (χ1) is 8.66. The van der Waals surface area contributed by atoms with Gasteiger partial charge < -0.3 is 15.0 Å². The van der Waals surface area contributed by atoms with E-state index in [1.807, 2.05) is 27.7 Å². The summed E-state index contributed by atoms with van der Waals surface area (Å²) in [5.74, 6) is -0.566. The zero-order valence-corrected chi connectivity index (χ0v) is 12.9. The van der Waals surface area contributed by atoms with E-state index >= 15 is 0 Å². The van der Waals surface area contributed by atoms with Gasteiger partial charge in [0, 0.05) is 18.0 Å². The first kappa shape index (κ1) is 15.1. The van der Waals surface area contributed by atoms with Crippen molar-refractivity contribution < 1.29 is 9.31 Å². The largest absolute Gasteiger partial charge is 0.480 e. The van der Waals surface area contributed by atoms with Gasteiger partial charge >= 0.3 is 7.12 Å². The number of hydrogen-bond acceptors (Lipinski definition) is 4. The zero-order chi connectivity index (χ0) is 14.4. The lowest BCUT2D eigenvalue weighted by Crippen LogP contribution is -2.41. The van der Waals surface area contributed by atoms with E-state index in [9.17, 15) is 0 Å². The molecular formula is C12H17BCl2N2O2. The van der Waals surface area contributed by atoms with Crippen LogP contribution in [0, 0.1) is 0 Å². The fraction of sp³-hybridized carbons (Fsp3) is 0.583. The molecule has 2 N–H and O–H groups in total. The van der Waals surface area contributed by atoms with E-state index in [1.54, 1.807) is 0 Å². The highest BCUT2D eigenvalue weighted by atomic mass is 35.5. The maximum absolute atomic E-state index is 6.20. The Kier molecular flexibility index (Phi) is 3.89. The number of nitrogens with zero attached hydrogens (tertiary/aromatic N) is 1. The minimum absolute atomic E-state index is 0.412. The van der Waals surface area contributed by atoms with E-state index in [0.717, 1.165) is 0 Å². The highest BCUT2D eigenvalue weighted by molar-refractivity contribution is 6.49. The third-order valence-electron chi connectivity index (χ3n) is 3.79. The molecule has 4 nitrogen and oxygen atoms in total. The molecule has 104 valence electrons. The predicted molar refractivity (Wildman–Crippen MR) is 77.3 cm³/mol. The topological polar surface area (TPSA) is 57.4 Å². The lowest BCUT2D eigenvalue weighted by atomic mass is 9.75. The summed E-state index contributed by atoms with van der Waals surface area (Å²) in [5.41, 5.74) is 5.91. The van der Waals surface area contributed by atoms with E-state index in [-0.39, 0.29) is 0 Å². The van der Waals surface area contributed by atoms with Crippen molar-refractivity contribution in [1.82, 2.24) is 4.98 Å². The molecule has 19 heavy (non-hydrogen) atoms. The van der Waals surface area contributed by atoms with Crippen molar-refractivity contribution in [2.24, 2.45) is 5.73 Å². The van der Waals surface area contributed by atoms with Gasteiger partial charge in [0.15, 0.2) is 0 Å². The quantitative estimate of drug-likeness (QED) is 0.853. The van der Waals surface area contributed by atoms with Crippen LogP contribution in [-0.4, -0.2) is 23.3 Å². The zero-order valence-electron chi connectivity index (χ0n) is 11.4. The molecule has 0 unspecified atom stereocenters. The van der Waals surface area contributed by atoms with Crippen LogP contribution < -0.4 is 5.73 Å². The van der Waals surface area contributed by atoms with E-state index in [0.29, 0.717) is 15.6 Å². The molecule has 0 saturated carbocycles. The molecule has 1 fully saturated rings. The summed E-state index contributed by atoms with van der Waals surface area (Å²) in [5, 5.41) is 0.824. The monoisotopic (exact) mass is 302 g/mol. The Bertz CT molecular complexity index is 460. The second-order valence-electron chi connectivity index (χ2n) is 5.67. The number of aromatic nitrogens is 1. The van der Waals surface area contributed by atoms with Gasteiger partial charge in [-0.05, 0) is 27.7 Å². The van der Waals surface area contributed by atoms with Gasteiger partial charge in [-0.15, -0.1) is 0 Å². The summed E-state index contributed by atoms with van der Waals surface area (Å²) in [6.45, 7) is 7.87. The molecule has 0 amide bonds. The molecule has 2 rings (SSSR count). The minimum atomic E-state index is -0.595. The smallest absolute Gasteiger partial charge is 0.402 e. The molecule has 0 radical (unpaired) electrons. The van der Waals surface area contributed by atoms with Crippen LogP contribution in [-0.2, 0) is 9.31 Å². The molecule has 0 bridgehead atoms.